The molecule has 0 saturated carbocycles. The second-order valence-corrected chi connectivity index (χ2v) is 5.58. The Hall–Kier alpha value is -1.22. The van der Waals surface area contributed by atoms with Crippen LogP contribution in [0.5, 0.6) is 0 Å². The summed E-state index contributed by atoms with van der Waals surface area (Å²) in [4.78, 5) is 11.5. The Balaban J connectivity index is 2.34. The third-order valence-electron chi connectivity index (χ3n) is 3.03. The Kier molecular flexibility index (Phi) is 4.92. The lowest BCUT2D eigenvalue weighted by atomic mass is 9.92. The van der Waals surface area contributed by atoms with Crippen LogP contribution in [0.25, 0.3) is 0 Å². The molecule has 0 aliphatic heterocycles. The normalized spacial score (nSPS) is 12.2. The predicted molar refractivity (Wildman–Crippen MR) is 82.0 cm³/mol. The number of carboxylic acids is 1. The number of hydrogen-bond donors (Lipinski definition) is 1. The molecule has 0 aliphatic rings. The molecule has 0 saturated heterocycles. The molecule has 0 aromatic heterocycles. The molecule has 104 valence electrons. The summed E-state index contributed by atoms with van der Waals surface area (Å²) in [7, 11) is 0. The standard InChI is InChI=1S/C15H11Cl3O2/c16-12-4-2-1-3-10(12)7-11(15(19)20)9-5-6-13(17)14(18)8-9/h1-6,8,11H,7H2,(H,19,20). The Morgan fingerprint density at radius 2 is 1.70 bits per heavy atom. The van der Waals surface area contributed by atoms with Gasteiger partial charge in [-0.2, -0.15) is 0 Å². The van der Waals surface area contributed by atoms with Crippen LogP contribution < -0.4 is 0 Å². The average molecular weight is 330 g/mol. The fourth-order valence-corrected chi connectivity index (χ4v) is 2.48. The first kappa shape index (κ1) is 15.2. The smallest absolute Gasteiger partial charge is 0.311 e. The van der Waals surface area contributed by atoms with Crippen molar-refractivity contribution in [1.29, 1.82) is 0 Å². The highest BCUT2D eigenvalue weighted by atomic mass is 35.5. The van der Waals surface area contributed by atoms with Crippen LogP contribution >= 0.6 is 34.8 Å². The van der Waals surface area contributed by atoms with Crippen LogP contribution in [0.4, 0.5) is 0 Å². The lowest BCUT2D eigenvalue weighted by molar-refractivity contribution is -0.138. The van der Waals surface area contributed by atoms with Gasteiger partial charge in [0.05, 0.1) is 16.0 Å². The lowest BCUT2D eigenvalue weighted by Gasteiger charge is -2.14. The number of benzene rings is 2. The number of carbonyl (C=O) groups is 1. The van der Waals surface area contributed by atoms with Gasteiger partial charge in [-0.05, 0) is 35.7 Å². The Bertz CT molecular complexity index is 641. The van der Waals surface area contributed by atoms with Gasteiger partial charge in [-0.25, -0.2) is 0 Å². The molecule has 20 heavy (non-hydrogen) atoms. The summed E-state index contributed by atoms with van der Waals surface area (Å²) >= 11 is 17.9. The van der Waals surface area contributed by atoms with Gasteiger partial charge in [-0.3, -0.25) is 4.79 Å². The van der Waals surface area contributed by atoms with Crippen molar-refractivity contribution in [3.05, 3.63) is 68.7 Å². The van der Waals surface area contributed by atoms with Crippen LogP contribution in [-0.4, -0.2) is 11.1 Å². The Labute approximate surface area is 131 Å². The maximum Gasteiger partial charge on any atom is 0.311 e. The molecule has 1 N–H and O–H groups in total. The molecule has 0 aliphatic carbocycles. The molecule has 0 amide bonds. The summed E-state index contributed by atoms with van der Waals surface area (Å²) in [5.41, 5.74) is 1.39. The van der Waals surface area contributed by atoms with E-state index in [1.54, 1.807) is 30.3 Å². The number of halogens is 3. The third kappa shape index (κ3) is 3.45. The van der Waals surface area contributed by atoms with Gasteiger partial charge >= 0.3 is 5.97 Å². The highest BCUT2D eigenvalue weighted by Crippen LogP contribution is 2.30. The van der Waals surface area contributed by atoms with E-state index < -0.39 is 11.9 Å². The zero-order valence-corrected chi connectivity index (χ0v) is 12.6. The van der Waals surface area contributed by atoms with E-state index in [2.05, 4.69) is 0 Å². The number of rotatable bonds is 4. The summed E-state index contributed by atoms with van der Waals surface area (Å²) in [6, 6.07) is 12.0. The topological polar surface area (TPSA) is 37.3 Å². The summed E-state index contributed by atoms with van der Waals surface area (Å²) in [5, 5.41) is 10.7. The van der Waals surface area contributed by atoms with E-state index in [4.69, 9.17) is 34.8 Å². The van der Waals surface area contributed by atoms with E-state index >= 15 is 0 Å². The van der Waals surface area contributed by atoms with Gasteiger partial charge in [0, 0.05) is 5.02 Å². The maximum absolute atomic E-state index is 11.5. The van der Waals surface area contributed by atoms with Crippen molar-refractivity contribution in [2.75, 3.05) is 0 Å². The second kappa shape index (κ2) is 6.49. The molecule has 2 nitrogen and oxygen atoms in total. The number of aliphatic carboxylic acids is 1. The van der Waals surface area contributed by atoms with E-state index in [0.717, 1.165) is 5.56 Å². The minimum atomic E-state index is -0.927. The summed E-state index contributed by atoms with van der Waals surface area (Å²) < 4.78 is 0. The third-order valence-corrected chi connectivity index (χ3v) is 4.13. The SMILES string of the molecule is O=C(O)C(Cc1ccccc1Cl)c1ccc(Cl)c(Cl)c1. The van der Waals surface area contributed by atoms with Gasteiger partial charge in [0.1, 0.15) is 0 Å². The molecule has 2 aromatic rings. The number of carboxylic acid groups (broad SMARTS) is 1. The van der Waals surface area contributed by atoms with E-state index in [0.29, 0.717) is 27.1 Å². The van der Waals surface area contributed by atoms with Crippen molar-refractivity contribution in [3.8, 4) is 0 Å². The fourth-order valence-electron chi connectivity index (χ4n) is 1.96. The molecule has 1 unspecified atom stereocenters. The monoisotopic (exact) mass is 328 g/mol. The molecule has 0 fully saturated rings. The van der Waals surface area contributed by atoms with Crippen LogP contribution in [-0.2, 0) is 11.2 Å². The molecule has 2 rings (SSSR count). The highest BCUT2D eigenvalue weighted by molar-refractivity contribution is 6.42. The minimum absolute atomic E-state index is 0.299. The van der Waals surface area contributed by atoms with E-state index in [1.807, 2.05) is 12.1 Å². The molecular weight excluding hydrogens is 319 g/mol. The molecular formula is C15H11Cl3O2. The van der Waals surface area contributed by atoms with E-state index in [-0.39, 0.29) is 0 Å². The minimum Gasteiger partial charge on any atom is -0.481 e. The first-order valence-corrected chi connectivity index (χ1v) is 7.03. The molecule has 2 aromatic carbocycles. The molecule has 1 atom stereocenters. The van der Waals surface area contributed by atoms with Crippen LogP contribution in [0.3, 0.4) is 0 Å². The van der Waals surface area contributed by atoms with Crippen molar-refractivity contribution in [3.63, 3.8) is 0 Å². The molecule has 5 heteroatoms. The van der Waals surface area contributed by atoms with E-state index in [9.17, 15) is 9.90 Å². The fraction of sp³-hybridized carbons (Fsp3) is 0.133. The first-order chi connectivity index (χ1) is 9.49. The number of hydrogen-bond acceptors (Lipinski definition) is 1. The van der Waals surface area contributed by atoms with Crippen LogP contribution in [0, 0.1) is 0 Å². The van der Waals surface area contributed by atoms with Crippen LogP contribution in [0.1, 0.15) is 17.0 Å². The lowest BCUT2D eigenvalue weighted by Crippen LogP contribution is -2.14. The second-order valence-electron chi connectivity index (χ2n) is 4.36. The Morgan fingerprint density at radius 3 is 2.30 bits per heavy atom. The molecule has 0 bridgehead atoms. The van der Waals surface area contributed by atoms with Crippen molar-refractivity contribution in [2.24, 2.45) is 0 Å². The quantitative estimate of drug-likeness (QED) is 0.851. The average Bonchev–Trinajstić information content (AvgIpc) is 2.41. The zero-order valence-electron chi connectivity index (χ0n) is 10.3. The summed E-state index contributed by atoms with van der Waals surface area (Å²) in [6.45, 7) is 0. The van der Waals surface area contributed by atoms with Gasteiger partial charge in [0.25, 0.3) is 0 Å². The van der Waals surface area contributed by atoms with Gasteiger partial charge in [0.2, 0.25) is 0 Å². The van der Waals surface area contributed by atoms with Crippen molar-refractivity contribution >= 4 is 40.8 Å². The maximum atomic E-state index is 11.5. The van der Waals surface area contributed by atoms with Gasteiger partial charge in [0.15, 0.2) is 0 Å². The molecule has 0 heterocycles. The van der Waals surface area contributed by atoms with Crippen molar-refractivity contribution in [1.82, 2.24) is 0 Å². The largest absolute Gasteiger partial charge is 0.481 e. The first-order valence-electron chi connectivity index (χ1n) is 5.90. The Morgan fingerprint density at radius 1 is 1.00 bits per heavy atom. The van der Waals surface area contributed by atoms with Crippen molar-refractivity contribution in [2.45, 2.75) is 12.3 Å². The van der Waals surface area contributed by atoms with Gasteiger partial charge < -0.3 is 5.11 Å². The molecule has 0 spiro atoms. The van der Waals surface area contributed by atoms with Gasteiger partial charge in [-0.15, -0.1) is 0 Å². The van der Waals surface area contributed by atoms with Crippen molar-refractivity contribution < 1.29 is 9.90 Å². The van der Waals surface area contributed by atoms with Gasteiger partial charge in [-0.1, -0.05) is 59.1 Å². The van der Waals surface area contributed by atoms with Crippen LogP contribution in [0.15, 0.2) is 42.5 Å². The summed E-state index contributed by atoms with van der Waals surface area (Å²) in [6.07, 6.45) is 0.299. The zero-order chi connectivity index (χ0) is 14.7. The highest BCUT2D eigenvalue weighted by Gasteiger charge is 2.22. The molecule has 0 radical (unpaired) electrons. The predicted octanol–water partition coefficient (Wildman–Crippen LogP) is 5.06. The van der Waals surface area contributed by atoms with E-state index in [1.165, 1.54) is 0 Å². The van der Waals surface area contributed by atoms with Crippen LogP contribution in [0.2, 0.25) is 15.1 Å². The summed E-state index contributed by atoms with van der Waals surface area (Å²) in [5.74, 6) is -1.65.